The minimum Gasteiger partial charge on any atom is -0.311 e. The van der Waals surface area contributed by atoms with Crippen LogP contribution < -0.4 is 0 Å². The van der Waals surface area contributed by atoms with Crippen LogP contribution in [0.2, 0.25) is 0 Å². The van der Waals surface area contributed by atoms with E-state index in [1.54, 1.807) is 11.0 Å². The van der Waals surface area contributed by atoms with Gasteiger partial charge in [-0.2, -0.15) is 0 Å². The van der Waals surface area contributed by atoms with Crippen molar-refractivity contribution < 1.29 is 14.0 Å². The van der Waals surface area contributed by atoms with Crippen LogP contribution in [0.5, 0.6) is 0 Å². The van der Waals surface area contributed by atoms with Gasteiger partial charge < -0.3 is 4.90 Å². The van der Waals surface area contributed by atoms with Crippen LogP contribution >= 0.6 is 0 Å². The third-order valence-corrected chi connectivity index (χ3v) is 7.16. The van der Waals surface area contributed by atoms with E-state index in [1.165, 1.54) is 23.8 Å². The molecule has 1 saturated carbocycles. The predicted molar refractivity (Wildman–Crippen MR) is 124 cm³/mol. The number of hydrogen-bond acceptors (Lipinski definition) is 4. The smallest absolute Gasteiger partial charge is 0.311 e. The zero-order chi connectivity index (χ0) is 22.8. The Hall–Kier alpha value is -2.80. The lowest BCUT2D eigenvalue weighted by Gasteiger charge is -2.28. The SMILES string of the molecule is O=C1CN(Cc2ccc(-c3ccc(F)c(CN4CCCCC4)n3)cc2)C(=O)N1CC1CCC1. The molecule has 1 aromatic carbocycles. The number of carbonyl (C=O) groups excluding carboxylic acids is 2. The van der Waals surface area contributed by atoms with Gasteiger partial charge in [-0.25, -0.2) is 14.2 Å². The summed E-state index contributed by atoms with van der Waals surface area (Å²) >= 11 is 0. The number of likely N-dealkylation sites (tertiary alicyclic amines) is 1. The number of rotatable bonds is 7. The van der Waals surface area contributed by atoms with Crippen molar-refractivity contribution in [2.45, 2.75) is 51.6 Å². The van der Waals surface area contributed by atoms with Crippen LogP contribution in [0.15, 0.2) is 36.4 Å². The highest BCUT2D eigenvalue weighted by Crippen LogP contribution is 2.29. The largest absolute Gasteiger partial charge is 0.327 e. The van der Waals surface area contributed by atoms with Gasteiger partial charge in [0.15, 0.2) is 0 Å². The van der Waals surface area contributed by atoms with Gasteiger partial charge in [-0.15, -0.1) is 0 Å². The fraction of sp³-hybridized carbons (Fsp3) is 0.500. The highest BCUT2D eigenvalue weighted by atomic mass is 19.1. The molecule has 0 N–H and O–H groups in total. The van der Waals surface area contributed by atoms with Crippen molar-refractivity contribution in [2.75, 3.05) is 26.2 Å². The summed E-state index contributed by atoms with van der Waals surface area (Å²) in [6, 6.07) is 10.8. The Morgan fingerprint density at radius 1 is 0.909 bits per heavy atom. The van der Waals surface area contributed by atoms with Crippen LogP contribution in [0.25, 0.3) is 11.3 Å². The van der Waals surface area contributed by atoms with Crippen molar-refractivity contribution in [3.63, 3.8) is 0 Å². The summed E-state index contributed by atoms with van der Waals surface area (Å²) in [6.07, 6.45) is 6.97. The van der Waals surface area contributed by atoms with Gasteiger partial charge in [-0.05, 0) is 62.4 Å². The first-order valence-corrected chi connectivity index (χ1v) is 12.1. The zero-order valence-electron chi connectivity index (χ0n) is 19.0. The van der Waals surface area contributed by atoms with Crippen LogP contribution in [0.1, 0.15) is 49.8 Å². The van der Waals surface area contributed by atoms with Gasteiger partial charge >= 0.3 is 6.03 Å². The molecule has 5 rings (SSSR count). The number of aromatic nitrogens is 1. The number of pyridine rings is 1. The number of imide groups is 1. The molecule has 2 aromatic rings. The fourth-order valence-electron chi connectivity index (χ4n) is 4.92. The van der Waals surface area contributed by atoms with Crippen LogP contribution in [-0.2, 0) is 17.9 Å². The summed E-state index contributed by atoms with van der Waals surface area (Å²) in [5.41, 5.74) is 3.11. The summed E-state index contributed by atoms with van der Waals surface area (Å²) < 4.78 is 14.4. The highest BCUT2D eigenvalue weighted by Gasteiger charge is 2.37. The van der Waals surface area contributed by atoms with E-state index in [-0.39, 0.29) is 24.3 Å². The number of benzene rings is 1. The Morgan fingerprint density at radius 3 is 2.36 bits per heavy atom. The van der Waals surface area contributed by atoms with Gasteiger partial charge in [0.1, 0.15) is 12.4 Å². The minimum atomic E-state index is -0.260. The number of piperidine rings is 1. The van der Waals surface area contributed by atoms with E-state index >= 15 is 0 Å². The van der Waals surface area contributed by atoms with Crippen molar-refractivity contribution in [3.05, 3.63) is 53.5 Å². The van der Waals surface area contributed by atoms with Crippen molar-refractivity contribution in [1.29, 1.82) is 0 Å². The van der Waals surface area contributed by atoms with Gasteiger partial charge in [0, 0.05) is 25.2 Å². The number of halogens is 1. The third-order valence-electron chi connectivity index (χ3n) is 7.16. The highest BCUT2D eigenvalue weighted by molar-refractivity contribution is 6.02. The Morgan fingerprint density at radius 2 is 1.67 bits per heavy atom. The van der Waals surface area contributed by atoms with E-state index in [2.05, 4.69) is 9.88 Å². The van der Waals surface area contributed by atoms with Crippen LogP contribution in [0, 0.1) is 11.7 Å². The average Bonchev–Trinajstić information content (AvgIpc) is 3.06. The van der Waals surface area contributed by atoms with E-state index in [1.807, 2.05) is 24.3 Å². The normalized spacial score (nSPS) is 19.9. The standard InChI is InChI=1S/C26H31FN4O2/c27-22-11-12-23(28-24(22)17-29-13-2-1-3-14-29)21-9-7-20(8-10-21)15-30-18-25(32)31(26(30)33)16-19-5-4-6-19/h7-12,19H,1-6,13-18H2. The van der Waals surface area contributed by atoms with Gasteiger partial charge in [0.25, 0.3) is 0 Å². The predicted octanol–water partition coefficient (Wildman–Crippen LogP) is 4.44. The molecule has 33 heavy (non-hydrogen) atoms. The molecule has 6 nitrogen and oxygen atoms in total. The number of carbonyl (C=O) groups is 2. The molecule has 1 aromatic heterocycles. The maximum absolute atomic E-state index is 14.4. The van der Waals surface area contributed by atoms with Crippen LogP contribution in [0.4, 0.5) is 9.18 Å². The fourth-order valence-corrected chi connectivity index (χ4v) is 4.92. The van der Waals surface area contributed by atoms with E-state index in [0.717, 1.165) is 55.6 Å². The van der Waals surface area contributed by atoms with Crippen LogP contribution in [0.3, 0.4) is 0 Å². The first-order valence-electron chi connectivity index (χ1n) is 12.1. The number of nitrogens with zero attached hydrogens (tertiary/aromatic N) is 4. The Bertz CT molecular complexity index is 1020. The summed E-state index contributed by atoms with van der Waals surface area (Å²) in [5.74, 6) is 0.116. The molecule has 3 amide bonds. The second-order valence-electron chi connectivity index (χ2n) is 9.60. The first kappa shape index (κ1) is 22.0. The maximum Gasteiger partial charge on any atom is 0.327 e. The van der Waals surface area contributed by atoms with Gasteiger partial charge in [0.05, 0.1) is 11.4 Å². The lowest BCUT2D eigenvalue weighted by Crippen LogP contribution is -2.38. The average molecular weight is 451 g/mol. The molecule has 3 fully saturated rings. The molecular formula is C26H31FN4O2. The van der Waals surface area contributed by atoms with Gasteiger partial charge in [-0.3, -0.25) is 14.6 Å². The molecule has 1 aliphatic carbocycles. The van der Waals surface area contributed by atoms with Crippen molar-refractivity contribution >= 4 is 11.9 Å². The second kappa shape index (κ2) is 9.59. The van der Waals surface area contributed by atoms with E-state index < -0.39 is 0 Å². The number of hydrogen-bond donors (Lipinski definition) is 0. The molecule has 2 saturated heterocycles. The minimum absolute atomic E-state index is 0.0970. The lowest BCUT2D eigenvalue weighted by molar-refractivity contribution is -0.126. The van der Waals surface area contributed by atoms with Gasteiger partial charge in [0.2, 0.25) is 5.91 Å². The molecule has 3 aliphatic rings. The summed E-state index contributed by atoms with van der Waals surface area (Å²) in [4.78, 5) is 34.9. The molecule has 7 heteroatoms. The maximum atomic E-state index is 14.4. The molecular weight excluding hydrogens is 419 g/mol. The molecule has 0 radical (unpaired) electrons. The molecule has 0 atom stereocenters. The molecule has 0 unspecified atom stereocenters. The van der Waals surface area contributed by atoms with Crippen molar-refractivity contribution in [1.82, 2.24) is 19.7 Å². The van der Waals surface area contributed by atoms with Crippen molar-refractivity contribution in [3.8, 4) is 11.3 Å². The summed E-state index contributed by atoms with van der Waals surface area (Å²) in [6.45, 7) is 3.64. The number of urea groups is 1. The van der Waals surface area contributed by atoms with E-state index in [9.17, 15) is 14.0 Å². The molecule has 174 valence electrons. The molecule has 0 spiro atoms. The summed E-state index contributed by atoms with van der Waals surface area (Å²) in [5, 5.41) is 0. The zero-order valence-corrected chi connectivity index (χ0v) is 19.0. The third kappa shape index (κ3) is 4.93. The molecule has 2 aliphatic heterocycles. The Labute approximate surface area is 194 Å². The number of amides is 3. The van der Waals surface area contributed by atoms with Crippen molar-refractivity contribution in [2.24, 2.45) is 5.92 Å². The van der Waals surface area contributed by atoms with Crippen LogP contribution in [-0.4, -0.2) is 57.8 Å². The Balaban J connectivity index is 1.23. The second-order valence-corrected chi connectivity index (χ2v) is 9.60. The monoisotopic (exact) mass is 450 g/mol. The summed E-state index contributed by atoms with van der Waals surface area (Å²) in [7, 11) is 0. The molecule has 0 bridgehead atoms. The quantitative estimate of drug-likeness (QED) is 0.586. The first-order chi connectivity index (χ1) is 16.1. The van der Waals surface area contributed by atoms with E-state index in [0.29, 0.717) is 31.2 Å². The topological polar surface area (TPSA) is 56.8 Å². The van der Waals surface area contributed by atoms with E-state index in [4.69, 9.17) is 0 Å². The molecule has 3 heterocycles. The van der Waals surface area contributed by atoms with Gasteiger partial charge in [-0.1, -0.05) is 37.1 Å². The lowest BCUT2D eigenvalue weighted by atomic mass is 9.85. The Kier molecular flexibility index (Phi) is 6.40.